The number of hydrogen-bond acceptors (Lipinski definition) is 6. The number of carboxylic acid groups (broad SMARTS) is 3. The van der Waals surface area contributed by atoms with Gasteiger partial charge < -0.3 is 25.6 Å². The molecule has 0 radical (unpaired) electrons. The lowest BCUT2D eigenvalue weighted by atomic mass is 10.1. The molecule has 0 aromatic carbocycles. The summed E-state index contributed by atoms with van der Waals surface area (Å²) in [7, 11) is 5.37. The van der Waals surface area contributed by atoms with Gasteiger partial charge in [-0.05, 0) is 14.1 Å². The summed E-state index contributed by atoms with van der Waals surface area (Å²) >= 11 is 0. The van der Waals surface area contributed by atoms with E-state index in [0.717, 1.165) is 5.69 Å². The molecule has 0 spiro atoms. The van der Waals surface area contributed by atoms with Crippen molar-refractivity contribution in [1.29, 1.82) is 0 Å². The van der Waals surface area contributed by atoms with Gasteiger partial charge in [-0.15, -0.1) is 0 Å². The van der Waals surface area contributed by atoms with Crippen LogP contribution in [-0.4, -0.2) is 73.9 Å². The van der Waals surface area contributed by atoms with Gasteiger partial charge in [0.1, 0.15) is 12.1 Å². The Hall–Kier alpha value is -2.46. The summed E-state index contributed by atoms with van der Waals surface area (Å²) in [5.41, 5.74) is 5.64. The van der Waals surface area contributed by atoms with E-state index < -0.39 is 36.4 Å². The van der Waals surface area contributed by atoms with Gasteiger partial charge in [0.15, 0.2) is 0 Å². The van der Waals surface area contributed by atoms with Gasteiger partial charge >= 0.3 is 17.9 Å². The van der Waals surface area contributed by atoms with E-state index in [4.69, 9.17) is 21.1 Å². The van der Waals surface area contributed by atoms with E-state index in [1.807, 2.05) is 17.8 Å². The summed E-state index contributed by atoms with van der Waals surface area (Å²) in [4.78, 5) is 36.3. The summed E-state index contributed by atoms with van der Waals surface area (Å²) in [5, 5.41) is 25.0. The van der Waals surface area contributed by atoms with Gasteiger partial charge in [0, 0.05) is 19.7 Å². The molecule has 130 valence electrons. The number of carbonyl (C=O) groups is 3. The highest BCUT2D eigenvalue weighted by atomic mass is 16.4. The Kier molecular flexibility index (Phi) is 8.52. The Labute approximate surface area is 133 Å². The summed E-state index contributed by atoms with van der Waals surface area (Å²) < 4.78 is 1.81. The highest BCUT2D eigenvalue weighted by Gasteiger charge is 2.21. The summed E-state index contributed by atoms with van der Waals surface area (Å²) in [5.74, 6) is -3.32. The molecule has 10 nitrogen and oxygen atoms in total. The predicted molar refractivity (Wildman–Crippen MR) is 79.9 cm³/mol. The Morgan fingerprint density at radius 2 is 1.83 bits per heavy atom. The van der Waals surface area contributed by atoms with Crippen molar-refractivity contribution in [1.82, 2.24) is 14.5 Å². The van der Waals surface area contributed by atoms with Crippen molar-refractivity contribution < 1.29 is 29.7 Å². The van der Waals surface area contributed by atoms with Crippen LogP contribution in [-0.2, 0) is 27.9 Å². The first-order valence-electron chi connectivity index (χ1n) is 6.60. The molecule has 0 amide bonds. The maximum atomic E-state index is 10.9. The van der Waals surface area contributed by atoms with E-state index in [1.54, 1.807) is 25.3 Å². The lowest BCUT2D eigenvalue weighted by Gasteiger charge is -2.18. The van der Waals surface area contributed by atoms with Crippen molar-refractivity contribution in [3.05, 3.63) is 18.2 Å². The number of rotatable bonds is 7. The van der Waals surface area contributed by atoms with E-state index in [-0.39, 0.29) is 0 Å². The number of imidazole rings is 1. The van der Waals surface area contributed by atoms with Crippen molar-refractivity contribution in [2.75, 3.05) is 14.1 Å². The first-order valence-corrected chi connectivity index (χ1v) is 6.60. The zero-order valence-electron chi connectivity index (χ0n) is 13.2. The minimum atomic E-state index is -1.29. The van der Waals surface area contributed by atoms with Crippen molar-refractivity contribution in [2.24, 2.45) is 12.8 Å². The molecular weight excluding hydrogens is 308 g/mol. The quantitative estimate of drug-likeness (QED) is 0.484. The van der Waals surface area contributed by atoms with Gasteiger partial charge in [0.2, 0.25) is 0 Å². The standard InChI is InChI=1S/C9H15N3O2.C4H7NO4/c1-11(2)8(9(13)14)4-7-5-12(3)6-10-7;5-2(4(8)9)1-3(6)7/h5-6,8H,4H2,1-3H3,(H,13,14);2H,1,5H2,(H,6,7)(H,8,9). The van der Waals surface area contributed by atoms with Crippen LogP contribution in [0, 0.1) is 0 Å². The monoisotopic (exact) mass is 330 g/mol. The zero-order chi connectivity index (χ0) is 18.2. The minimum absolute atomic E-state index is 0.434. The highest BCUT2D eigenvalue weighted by molar-refractivity contribution is 5.80. The van der Waals surface area contributed by atoms with E-state index in [0.29, 0.717) is 6.42 Å². The molecule has 0 fully saturated rings. The molecule has 2 atom stereocenters. The predicted octanol–water partition coefficient (Wildman–Crippen LogP) is -1.15. The third-order valence-corrected chi connectivity index (χ3v) is 2.78. The third kappa shape index (κ3) is 8.53. The lowest BCUT2D eigenvalue weighted by molar-refractivity contribution is -0.144. The van der Waals surface area contributed by atoms with Gasteiger partial charge in [-0.2, -0.15) is 0 Å². The van der Waals surface area contributed by atoms with Crippen LogP contribution in [0.15, 0.2) is 12.5 Å². The summed E-state index contributed by atoms with van der Waals surface area (Å²) in [6.07, 6.45) is 3.40. The Balaban J connectivity index is 0.000000468. The van der Waals surface area contributed by atoms with E-state index in [9.17, 15) is 14.4 Å². The van der Waals surface area contributed by atoms with Gasteiger partial charge in [-0.25, -0.2) is 4.98 Å². The molecule has 0 aliphatic carbocycles. The van der Waals surface area contributed by atoms with E-state index in [2.05, 4.69) is 4.98 Å². The molecule has 0 bridgehead atoms. The van der Waals surface area contributed by atoms with Crippen molar-refractivity contribution in [3.8, 4) is 0 Å². The van der Waals surface area contributed by atoms with Gasteiger partial charge in [0.05, 0.1) is 18.4 Å². The normalized spacial score (nSPS) is 12.9. The van der Waals surface area contributed by atoms with Crippen molar-refractivity contribution in [3.63, 3.8) is 0 Å². The van der Waals surface area contributed by atoms with Crippen LogP contribution in [0.3, 0.4) is 0 Å². The molecule has 10 heteroatoms. The summed E-state index contributed by atoms with van der Waals surface area (Å²) in [6.45, 7) is 0. The van der Waals surface area contributed by atoms with Crippen LogP contribution in [0.25, 0.3) is 0 Å². The number of nitrogens with zero attached hydrogens (tertiary/aromatic N) is 3. The maximum absolute atomic E-state index is 10.9. The zero-order valence-corrected chi connectivity index (χ0v) is 13.2. The molecule has 0 aliphatic heterocycles. The summed E-state index contributed by atoms with van der Waals surface area (Å²) in [6, 6.07) is -1.80. The molecule has 0 aliphatic rings. The average Bonchev–Trinajstić information content (AvgIpc) is 2.80. The number of likely N-dealkylation sites (N-methyl/N-ethyl adjacent to an activating group) is 1. The molecule has 1 heterocycles. The number of aromatic nitrogens is 2. The molecule has 1 rings (SSSR count). The number of aliphatic carboxylic acids is 3. The van der Waals surface area contributed by atoms with E-state index in [1.165, 1.54) is 0 Å². The second-order valence-electron chi connectivity index (χ2n) is 5.09. The van der Waals surface area contributed by atoms with Gasteiger partial charge in [-0.1, -0.05) is 0 Å². The van der Waals surface area contributed by atoms with Gasteiger partial charge in [-0.3, -0.25) is 19.3 Å². The molecule has 0 saturated heterocycles. The van der Waals surface area contributed by atoms with Gasteiger partial charge in [0.25, 0.3) is 0 Å². The van der Waals surface area contributed by atoms with Crippen LogP contribution >= 0.6 is 0 Å². The van der Waals surface area contributed by atoms with Crippen LogP contribution in [0.2, 0.25) is 0 Å². The molecule has 23 heavy (non-hydrogen) atoms. The fourth-order valence-corrected chi connectivity index (χ4v) is 1.54. The largest absolute Gasteiger partial charge is 0.481 e. The van der Waals surface area contributed by atoms with Crippen LogP contribution in [0.4, 0.5) is 0 Å². The smallest absolute Gasteiger partial charge is 0.321 e. The SMILES string of the molecule is CN(C)C(Cc1cn(C)cn1)C(=O)O.NC(CC(=O)O)C(=O)O. The van der Waals surface area contributed by atoms with Crippen molar-refractivity contribution in [2.45, 2.75) is 24.9 Å². The number of nitrogens with two attached hydrogens (primary N) is 1. The first kappa shape index (κ1) is 20.5. The second kappa shape index (κ2) is 9.54. The van der Waals surface area contributed by atoms with E-state index >= 15 is 0 Å². The van der Waals surface area contributed by atoms with Crippen LogP contribution in [0.1, 0.15) is 12.1 Å². The Bertz CT molecular complexity index is 542. The lowest BCUT2D eigenvalue weighted by Crippen LogP contribution is -2.37. The molecule has 1 aromatic heterocycles. The fourth-order valence-electron chi connectivity index (χ4n) is 1.54. The second-order valence-corrected chi connectivity index (χ2v) is 5.09. The molecule has 1 aromatic rings. The molecular formula is C13H22N4O6. The number of aryl methyl sites for hydroxylation is 1. The fraction of sp³-hybridized carbons (Fsp3) is 0.538. The number of carboxylic acids is 3. The molecule has 5 N–H and O–H groups in total. The maximum Gasteiger partial charge on any atom is 0.321 e. The average molecular weight is 330 g/mol. The minimum Gasteiger partial charge on any atom is -0.481 e. The van der Waals surface area contributed by atoms with Crippen molar-refractivity contribution >= 4 is 17.9 Å². The Morgan fingerprint density at radius 1 is 1.26 bits per heavy atom. The Morgan fingerprint density at radius 3 is 2.09 bits per heavy atom. The van der Waals surface area contributed by atoms with Crippen LogP contribution in [0.5, 0.6) is 0 Å². The first-order chi connectivity index (χ1) is 10.5. The third-order valence-electron chi connectivity index (χ3n) is 2.78. The number of hydrogen-bond donors (Lipinski definition) is 4. The molecule has 0 saturated carbocycles. The van der Waals surface area contributed by atoms with Crippen LogP contribution < -0.4 is 5.73 Å². The topological polar surface area (TPSA) is 159 Å². The molecule has 2 unspecified atom stereocenters. The highest BCUT2D eigenvalue weighted by Crippen LogP contribution is 2.04.